The predicted molar refractivity (Wildman–Crippen MR) is 139 cm³/mol. The largest absolute Gasteiger partial charge is 0.457 e. The van der Waals surface area contributed by atoms with Gasteiger partial charge in [-0.3, -0.25) is 0 Å². The Morgan fingerprint density at radius 1 is 1.06 bits per heavy atom. The Balaban J connectivity index is 1.46. The van der Waals surface area contributed by atoms with E-state index in [0.717, 1.165) is 59.2 Å². The molecule has 0 saturated heterocycles. The fourth-order valence-corrected chi connectivity index (χ4v) is 4.87. The molecule has 1 fully saturated rings. The maximum atomic E-state index is 6.40. The van der Waals surface area contributed by atoms with Gasteiger partial charge in [-0.05, 0) is 61.6 Å². The van der Waals surface area contributed by atoms with Gasteiger partial charge in [0.25, 0.3) is 0 Å². The third kappa shape index (κ3) is 4.58. The van der Waals surface area contributed by atoms with Gasteiger partial charge in [0.2, 0.25) is 0 Å². The fourth-order valence-electron chi connectivity index (χ4n) is 4.87. The molecule has 2 unspecified atom stereocenters. The lowest BCUT2D eigenvalue weighted by Crippen LogP contribution is -2.32. The number of nitrogens with one attached hydrogen (secondary N) is 1. The molecule has 5 nitrogen and oxygen atoms in total. The normalized spacial score (nSPS) is 17.7. The van der Waals surface area contributed by atoms with Gasteiger partial charge in [0, 0.05) is 47.9 Å². The molecule has 5 heteroatoms. The minimum absolute atomic E-state index is 0.397. The van der Waals surface area contributed by atoms with Gasteiger partial charge in [-0.15, -0.1) is 0 Å². The minimum atomic E-state index is 0.397. The zero-order valence-corrected chi connectivity index (χ0v) is 19.5. The highest BCUT2D eigenvalue weighted by Gasteiger charge is 2.25. The molecular weight excluding hydrogens is 420 g/mol. The van der Waals surface area contributed by atoms with E-state index in [4.69, 9.17) is 10.5 Å². The molecule has 1 aliphatic rings. The molecule has 2 heterocycles. The third-order valence-electron chi connectivity index (χ3n) is 6.50. The van der Waals surface area contributed by atoms with Crippen molar-refractivity contribution in [1.82, 2.24) is 14.9 Å². The molecule has 2 atom stereocenters. The predicted octanol–water partition coefficient (Wildman–Crippen LogP) is 6.52. The van der Waals surface area contributed by atoms with E-state index in [-0.39, 0.29) is 0 Å². The zero-order chi connectivity index (χ0) is 23.3. The summed E-state index contributed by atoms with van der Waals surface area (Å²) in [6, 6.07) is 24.0. The zero-order valence-electron chi connectivity index (χ0n) is 19.5. The average Bonchev–Trinajstić information content (AvgIpc) is 3.27. The summed E-state index contributed by atoms with van der Waals surface area (Å²) in [7, 11) is 0. The quantitative estimate of drug-likeness (QED) is 0.268. The lowest BCUT2D eigenvalue weighted by molar-refractivity contribution is 0.308. The van der Waals surface area contributed by atoms with Gasteiger partial charge in [0.1, 0.15) is 17.3 Å². The number of ether oxygens (including phenoxy) is 1. The number of hydrogen-bond donors (Lipinski definition) is 2. The molecule has 1 aliphatic carbocycles. The van der Waals surface area contributed by atoms with E-state index in [1.165, 1.54) is 6.42 Å². The summed E-state index contributed by atoms with van der Waals surface area (Å²) in [5.41, 5.74) is 9.74. The molecule has 5 rings (SSSR count). The van der Waals surface area contributed by atoms with Crippen molar-refractivity contribution in [3.05, 3.63) is 73.1 Å². The SMILES string of the molecule is CCC#CNC1CCCC(n2cc(-c3ccc(Oc4ccccc4)cc3)c3c(N)nccc32)C1. The van der Waals surface area contributed by atoms with Crippen molar-refractivity contribution < 1.29 is 4.74 Å². The van der Waals surface area contributed by atoms with Crippen LogP contribution in [0.15, 0.2) is 73.1 Å². The van der Waals surface area contributed by atoms with E-state index >= 15 is 0 Å². The molecule has 34 heavy (non-hydrogen) atoms. The van der Waals surface area contributed by atoms with Gasteiger partial charge in [0.05, 0.1) is 5.52 Å². The summed E-state index contributed by atoms with van der Waals surface area (Å²) in [6.07, 6.45) is 9.46. The Bertz CT molecular complexity index is 1320. The molecule has 2 aromatic carbocycles. The summed E-state index contributed by atoms with van der Waals surface area (Å²) in [4.78, 5) is 4.40. The number of nitrogens with zero attached hydrogens (tertiary/aromatic N) is 2. The fraction of sp³-hybridized carbons (Fsp3) is 0.276. The van der Waals surface area contributed by atoms with Crippen molar-refractivity contribution in [2.75, 3.05) is 5.73 Å². The number of anilines is 1. The molecule has 2 aromatic heterocycles. The van der Waals surface area contributed by atoms with E-state index in [1.54, 1.807) is 6.20 Å². The number of para-hydroxylation sites is 1. The van der Waals surface area contributed by atoms with Crippen molar-refractivity contribution in [1.29, 1.82) is 0 Å². The standard InChI is InChI=1S/C29H30N4O/c1-2-3-17-31-22-8-7-9-23(19-22)33-20-26(28-27(33)16-18-32-29(28)30)21-12-14-25(15-13-21)34-24-10-5-4-6-11-24/h4-6,10-16,18,20,22-23,31H,2,7-9,19H2,1H3,(H2,30,32). The third-order valence-corrected chi connectivity index (χ3v) is 6.50. The van der Waals surface area contributed by atoms with Gasteiger partial charge in [0.15, 0.2) is 0 Å². The summed E-state index contributed by atoms with van der Waals surface area (Å²) >= 11 is 0. The first-order chi connectivity index (χ1) is 16.7. The van der Waals surface area contributed by atoms with Crippen LogP contribution in [0.3, 0.4) is 0 Å². The topological polar surface area (TPSA) is 65.1 Å². The van der Waals surface area contributed by atoms with Crippen molar-refractivity contribution >= 4 is 16.7 Å². The summed E-state index contributed by atoms with van der Waals surface area (Å²) in [5, 5.41) is 4.43. The Morgan fingerprint density at radius 2 is 1.85 bits per heavy atom. The number of hydrogen-bond acceptors (Lipinski definition) is 4. The Labute approximate surface area is 201 Å². The molecular formula is C29H30N4O. The maximum Gasteiger partial charge on any atom is 0.133 e. The highest BCUT2D eigenvalue weighted by Crippen LogP contribution is 2.39. The van der Waals surface area contributed by atoms with E-state index in [9.17, 15) is 0 Å². The first kappa shape index (κ1) is 21.9. The highest BCUT2D eigenvalue weighted by atomic mass is 16.5. The molecule has 0 bridgehead atoms. The Kier molecular flexibility index (Phi) is 6.40. The van der Waals surface area contributed by atoms with E-state index in [2.05, 4.69) is 58.2 Å². The minimum Gasteiger partial charge on any atom is -0.457 e. The maximum absolute atomic E-state index is 6.40. The Hall–Kier alpha value is -3.91. The van der Waals surface area contributed by atoms with Crippen LogP contribution >= 0.6 is 0 Å². The first-order valence-corrected chi connectivity index (χ1v) is 12.0. The summed E-state index contributed by atoms with van der Waals surface area (Å²) in [5.74, 6) is 5.32. The van der Waals surface area contributed by atoms with Gasteiger partial charge >= 0.3 is 0 Å². The molecule has 172 valence electrons. The number of aromatic nitrogens is 2. The second-order valence-electron chi connectivity index (χ2n) is 8.80. The molecule has 3 N–H and O–H groups in total. The second kappa shape index (κ2) is 9.93. The number of rotatable bonds is 5. The van der Waals surface area contributed by atoms with Crippen LogP contribution < -0.4 is 15.8 Å². The lowest BCUT2D eigenvalue weighted by Gasteiger charge is -2.30. The van der Waals surface area contributed by atoms with Gasteiger partial charge in [-0.25, -0.2) is 4.98 Å². The Morgan fingerprint density at radius 3 is 2.65 bits per heavy atom. The van der Waals surface area contributed by atoms with Crippen molar-refractivity contribution in [2.45, 2.75) is 51.1 Å². The molecule has 1 saturated carbocycles. The number of pyridine rings is 1. The highest BCUT2D eigenvalue weighted by molar-refractivity contribution is 6.02. The van der Waals surface area contributed by atoms with Crippen molar-refractivity contribution in [3.8, 4) is 34.6 Å². The lowest BCUT2D eigenvalue weighted by atomic mass is 9.91. The van der Waals surface area contributed by atoms with Crippen LogP contribution in [0.5, 0.6) is 11.5 Å². The van der Waals surface area contributed by atoms with Crippen LogP contribution in [0.1, 0.15) is 45.1 Å². The van der Waals surface area contributed by atoms with E-state index in [0.29, 0.717) is 17.9 Å². The van der Waals surface area contributed by atoms with Gasteiger partial charge < -0.3 is 20.4 Å². The summed E-state index contributed by atoms with van der Waals surface area (Å²) < 4.78 is 8.37. The van der Waals surface area contributed by atoms with Gasteiger partial charge in [-0.1, -0.05) is 43.2 Å². The number of nitrogens with two attached hydrogens (primary N) is 1. The average molecular weight is 451 g/mol. The molecule has 4 aromatic rings. The van der Waals surface area contributed by atoms with E-state index < -0.39 is 0 Å². The second-order valence-corrected chi connectivity index (χ2v) is 8.80. The van der Waals surface area contributed by atoms with E-state index in [1.807, 2.05) is 42.5 Å². The molecule has 0 aliphatic heterocycles. The summed E-state index contributed by atoms with van der Waals surface area (Å²) in [6.45, 7) is 2.07. The first-order valence-electron chi connectivity index (χ1n) is 12.0. The smallest absolute Gasteiger partial charge is 0.133 e. The number of fused-ring (bicyclic) bond motifs is 1. The van der Waals surface area contributed by atoms with Gasteiger partial charge in [-0.2, -0.15) is 0 Å². The van der Waals surface area contributed by atoms with Crippen LogP contribution in [-0.2, 0) is 0 Å². The molecule has 0 radical (unpaired) electrons. The van der Waals surface area contributed by atoms with Crippen molar-refractivity contribution in [3.63, 3.8) is 0 Å². The van der Waals surface area contributed by atoms with Crippen LogP contribution in [0, 0.1) is 12.0 Å². The van der Waals surface area contributed by atoms with Crippen molar-refractivity contribution in [2.24, 2.45) is 0 Å². The molecule has 0 amide bonds. The number of nitrogen functional groups attached to an aromatic ring is 1. The number of benzene rings is 2. The van der Waals surface area contributed by atoms with Crippen LogP contribution in [0.2, 0.25) is 0 Å². The molecule has 0 spiro atoms. The van der Waals surface area contributed by atoms with Crippen LogP contribution in [-0.4, -0.2) is 15.6 Å². The van der Waals surface area contributed by atoms with Crippen LogP contribution in [0.25, 0.3) is 22.0 Å². The van der Waals surface area contributed by atoms with Crippen LogP contribution in [0.4, 0.5) is 5.82 Å². The monoisotopic (exact) mass is 450 g/mol.